The minimum Gasteiger partial charge on any atom is -0.291 e. The van der Waals surface area contributed by atoms with E-state index in [9.17, 15) is 18.0 Å². The predicted molar refractivity (Wildman–Crippen MR) is 62.6 cm³/mol. The van der Waals surface area contributed by atoms with Crippen LogP contribution in [0.15, 0.2) is 10.9 Å². The number of nitriles is 2. The van der Waals surface area contributed by atoms with Gasteiger partial charge in [-0.1, -0.05) is 0 Å². The molecule has 3 aromatic rings. The van der Waals surface area contributed by atoms with Crippen LogP contribution in [0.4, 0.5) is 13.2 Å². The Kier molecular flexibility index (Phi) is 2.47. The van der Waals surface area contributed by atoms with Crippen molar-refractivity contribution in [2.75, 3.05) is 0 Å². The Balaban J connectivity index is 2.75. The summed E-state index contributed by atoms with van der Waals surface area (Å²) >= 11 is 0. The summed E-state index contributed by atoms with van der Waals surface area (Å²) in [6.07, 6.45) is 0. The summed E-state index contributed by atoms with van der Waals surface area (Å²) < 4.78 is 41.4. The molecule has 2 aromatic heterocycles. The van der Waals surface area contributed by atoms with Crippen LogP contribution in [0.3, 0.4) is 0 Å². The number of rotatable bonds is 0. The number of hydrogen-bond donors (Lipinski definition) is 1. The highest BCUT2D eigenvalue weighted by Gasteiger charge is 2.22. The van der Waals surface area contributed by atoms with Crippen molar-refractivity contribution in [3.63, 3.8) is 0 Å². The monoisotopic (exact) mass is 289 g/mol. The molecule has 0 aliphatic rings. The van der Waals surface area contributed by atoms with Gasteiger partial charge in [0.1, 0.15) is 17.7 Å². The van der Waals surface area contributed by atoms with Crippen LogP contribution in [0, 0.1) is 40.1 Å². The third kappa shape index (κ3) is 1.51. The highest BCUT2D eigenvalue weighted by atomic mass is 19.2. The van der Waals surface area contributed by atoms with Gasteiger partial charge in [-0.15, -0.1) is 0 Å². The number of aromatic nitrogens is 3. The fourth-order valence-electron chi connectivity index (χ4n) is 2.05. The molecule has 0 atom stereocenters. The van der Waals surface area contributed by atoms with Gasteiger partial charge in [-0.3, -0.25) is 14.2 Å². The van der Waals surface area contributed by atoms with Gasteiger partial charge >= 0.3 is 0 Å². The van der Waals surface area contributed by atoms with Crippen molar-refractivity contribution in [3.05, 3.63) is 45.3 Å². The van der Waals surface area contributed by atoms with E-state index < -0.39 is 39.6 Å². The van der Waals surface area contributed by atoms with Crippen molar-refractivity contribution in [2.24, 2.45) is 0 Å². The van der Waals surface area contributed by atoms with E-state index in [1.54, 1.807) is 12.1 Å². The smallest absolute Gasteiger partial charge is 0.260 e. The maximum atomic E-state index is 14.0. The zero-order chi connectivity index (χ0) is 15.3. The second kappa shape index (κ2) is 4.08. The zero-order valence-electron chi connectivity index (χ0n) is 9.91. The van der Waals surface area contributed by atoms with Gasteiger partial charge in [0.2, 0.25) is 5.78 Å². The van der Waals surface area contributed by atoms with Crippen LogP contribution in [0.5, 0.6) is 0 Å². The van der Waals surface area contributed by atoms with Gasteiger partial charge in [0.25, 0.3) is 5.56 Å². The Labute approximate surface area is 113 Å². The van der Waals surface area contributed by atoms with E-state index in [-0.39, 0.29) is 11.5 Å². The van der Waals surface area contributed by atoms with E-state index in [0.717, 1.165) is 4.40 Å². The van der Waals surface area contributed by atoms with Crippen LogP contribution < -0.4 is 5.56 Å². The van der Waals surface area contributed by atoms with Gasteiger partial charge in [0.15, 0.2) is 28.8 Å². The summed E-state index contributed by atoms with van der Waals surface area (Å²) in [5, 5.41) is 17.4. The molecular weight excluding hydrogens is 287 g/mol. The molecule has 2 heterocycles. The van der Waals surface area contributed by atoms with Gasteiger partial charge in [-0.25, -0.2) is 13.2 Å². The number of aromatic amines is 1. The number of H-pyrrole nitrogens is 1. The number of hydrogen-bond acceptors (Lipinski definition) is 4. The van der Waals surface area contributed by atoms with Crippen LogP contribution >= 0.6 is 0 Å². The van der Waals surface area contributed by atoms with Crippen molar-refractivity contribution >= 4 is 16.7 Å². The number of benzene rings is 1. The highest BCUT2D eigenvalue weighted by Crippen LogP contribution is 2.23. The van der Waals surface area contributed by atoms with Gasteiger partial charge in [-0.2, -0.15) is 15.5 Å². The maximum Gasteiger partial charge on any atom is 0.260 e. The summed E-state index contributed by atoms with van der Waals surface area (Å²) in [7, 11) is 0. The number of nitrogens with zero attached hydrogens (tertiary/aromatic N) is 4. The Morgan fingerprint density at radius 2 is 1.90 bits per heavy atom. The molecule has 0 unspecified atom stereocenters. The number of fused-ring (bicyclic) bond motifs is 3. The molecule has 0 saturated heterocycles. The summed E-state index contributed by atoms with van der Waals surface area (Å²) in [6, 6.07) is 3.73. The minimum atomic E-state index is -1.79. The minimum absolute atomic E-state index is 0.314. The summed E-state index contributed by atoms with van der Waals surface area (Å²) in [6.45, 7) is 0. The topological polar surface area (TPSA) is 97.7 Å². The molecule has 0 saturated carbocycles. The van der Waals surface area contributed by atoms with Gasteiger partial charge in [0.05, 0.1) is 5.39 Å². The standard InChI is InChI=1S/C12H2F3N5O/c13-5-1-4-10(9(15)8(5)14)20-7(3-17)6(2-16)18-12(20)19-11(4)21/h1H,(H,18,19,21). The average Bonchev–Trinajstić information content (AvgIpc) is 2.82. The number of nitrogens with one attached hydrogen (secondary N) is 1. The molecule has 0 spiro atoms. The first-order valence-corrected chi connectivity index (χ1v) is 5.41. The van der Waals surface area contributed by atoms with Crippen LogP contribution in [0.25, 0.3) is 16.7 Å². The van der Waals surface area contributed by atoms with Crippen LogP contribution in [-0.2, 0) is 0 Å². The van der Waals surface area contributed by atoms with Gasteiger partial charge in [0, 0.05) is 0 Å². The molecule has 0 bridgehead atoms. The average molecular weight is 289 g/mol. The number of imidazole rings is 1. The van der Waals surface area contributed by atoms with Crippen LogP contribution in [0.2, 0.25) is 0 Å². The lowest BCUT2D eigenvalue weighted by molar-refractivity contribution is 0.452. The molecule has 21 heavy (non-hydrogen) atoms. The summed E-state index contributed by atoms with van der Waals surface area (Å²) in [5.41, 5.74) is -2.34. The second-order valence-corrected chi connectivity index (χ2v) is 4.03. The molecule has 6 nitrogen and oxygen atoms in total. The molecule has 0 fully saturated rings. The first-order valence-electron chi connectivity index (χ1n) is 5.41. The van der Waals surface area contributed by atoms with Crippen LogP contribution in [-0.4, -0.2) is 14.4 Å². The van der Waals surface area contributed by atoms with E-state index in [1.807, 2.05) is 0 Å². The van der Waals surface area contributed by atoms with Gasteiger partial charge < -0.3 is 0 Å². The molecule has 3 rings (SSSR count). The molecule has 0 aliphatic heterocycles. The summed E-state index contributed by atoms with van der Waals surface area (Å²) in [5.74, 6) is -5.28. The van der Waals surface area contributed by atoms with E-state index in [2.05, 4.69) is 9.97 Å². The van der Waals surface area contributed by atoms with E-state index in [0.29, 0.717) is 6.07 Å². The van der Waals surface area contributed by atoms with Crippen LogP contribution in [0.1, 0.15) is 11.4 Å². The van der Waals surface area contributed by atoms with Crippen molar-refractivity contribution in [1.29, 1.82) is 10.5 Å². The summed E-state index contributed by atoms with van der Waals surface area (Å²) in [4.78, 5) is 17.6. The van der Waals surface area contributed by atoms with Crippen molar-refractivity contribution in [3.8, 4) is 12.1 Å². The fraction of sp³-hybridized carbons (Fsp3) is 0. The third-order valence-corrected chi connectivity index (χ3v) is 2.92. The molecule has 102 valence electrons. The molecule has 0 radical (unpaired) electrons. The van der Waals surface area contributed by atoms with E-state index >= 15 is 0 Å². The Hall–Kier alpha value is -3.33. The van der Waals surface area contributed by atoms with Gasteiger partial charge in [-0.05, 0) is 6.07 Å². The van der Waals surface area contributed by atoms with E-state index in [4.69, 9.17) is 10.5 Å². The highest BCUT2D eigenvalue weighted by molar-refractivity contribution is 5.82. The largest absolute Gasteiger partial charge is 0.291 e. The molecule has 0 amide bonds. The normalized spacial score (nSPS) is 10.7. The molecule has 0 aliphatic carbocycles. The maximum absolute atomic E-state index is 14.0. The Morgan fingerprint density at radius 1 is 1.19 bits per heavy atom. The first kappa shape index (κ1) is 12.7. The molecular formula is C12H2F3N5O. The Bertz CT molecular complexity index is 1070. The van der Waals surface area contributed by atoms with Crippen molar-refractivity contribution in [2.45, 2.75) is 0 Å². The first-order chi connectivity index (χ1) is 9.99. The van der Waals surface area contributed by atoms with Crippen molar-refractivity contribution in [1.82, 2.24) is 14.4 Å². The molecule has 9 heteroatoms. The predicted octanol–water partition coefficient (Wildman–Crippen LogP) is 1.34. The quantitative estimate of drug-likeness (QED) is 0.631. The second-order valence-electron chi connectivity index (χ2n) is 4.03. The fourth-order valence-corrected chi connectivity index (χ4v) is 2.05. The lowest BCUT2D eigenvalue weighted by Gasteiger charge is -2.05. The zero-order valence-corrected chi connectivity index (χ0v) is 9.91. The molecule has 1 N–H and O–H groups in total. The lowest BCUT2D eigenvalue weighted by atomic mass is 10.2. The Morgan fingerprint density at radius 3 is 2.52 bits per heavy atom. The van der Waals surface area contributed by atoms with Crippen molar-refractivity contribution < 1.29 is 13.2 Å². The molecule has 1 aromatic carbocycles. The third-order valence-electron chi connectivity index (χ3n) is 2.92. The number of halogens is 3. The SMILES string of the molecule is N#Cc1nc2[nH]c(=O)c3cc(F)c(F)c(F)c3n2c1C#N. The van der Waals surface area contributed by atoms with E-state index in [1.165, 1.54) is 0 Å². The lowest BCUT2D eigenvalue weighted by Crippen LogP contribution is -2.13.